The van der Waals surface area contributed by atoms with Crippen LogP contribution >= 0.6 is 11.3 Å². The average Bonchev–Trinajstić information content (AvgIpc) is 2.91. The molecule has 0 bridgehead atoms. The third kappa shape index (κ3) is 4.06. The molecule has 19 heavy (non-hydrogen) atoms. The number of rotatable bonds is 5. The molecule has 0 fully saturated rings. The summed E-state index contributed by atoms with van der Waals surface area (Å²) in [7, 11) is 0. The molecule has 2 rings (SSSR count). The number of carbonyl (C=O) groups is 1. The molecule has 2 N–H and O–H groups in total. The molecule has 0 aliphatic carbocycles. The lowest BCUT2D eigenvalue weighted by atomic mass is 10.2. The van der Waals surface area contributed by atoms with Crippen LogP contribution in [0.2, 0.25) is 0 Å². The number of hydrogen-bond acceptors (Lipinski definition) is 3. The van der Waals surface area contributed by atoms with Gasteiger partial charge in [0, 0.05) is 10.6 Å². The van der Waals surface area contributed by atoms with Crippen molar-refractivity contribution in [3.8, 4) is 0 Å². The quantitative estimate of drug-likeness (QED) is 0.883. The Labute approximate surface area is 115 Å². The van der Waals surface area contributed by atoms with Crippen LogP contribution in [0.15, 0.2) is 35.7 Å². The summed E-state index contributed by atoms with van der Waals surface area (Å²) in [6.45, 7) is 2.36. The highest BCUT2D eigenvalue weighted by Gasteiger charge is 2.03. The number of aryl methyl sites for hydroxylation is 1. The molecule has 3 nitrogen and oxygen atoms in total. The first-order valence-corrected chi connectivity index (χ1v) is 6.82. The van der Waals surface area contributed by atoms with Gasteiger partial charge in [0.05, 0.1) is 13.1 Å². The van der Waals surface area contributed by atoms with Crippen molar-refractivity contribution in [2.45, 2.75) is 13.5 Å². The van der Waals surface area contributed by atoms with Gasteiger partial charge in [-0.15, -0.1) is 11.3 Å². The number of anilines is 1. The van der Waals surface area contributed by atoms with Crippen LogP contribution in [0, 0.1) is 12.7 Å². The highest BCUT2D eigenvalue weighted by atomic mass is 32.1. The zero-order valence-electron chi connectivity index (χ0n) is 10.6. The Hall–Kier alpha value is -1.88. The van der Waals surface area contributed by atoms with E-state index in [1.807, 2.05) is 17.5 Å². The van der Waals surface area contributed by atoms with Gasteiger partial charge in [-0.1, -0.05) is 12.1 Å². The summed E-state index contributed by atoms with van der Waals surface area (Å²) < 4.78 is 13.3. The van der Waals surface area contributed by atoms with Gasteiger partial charge in [-0.25, -0.2) is 4.39 Å². The Bertz CT molecular complexity index is 555. The zero-order chi connectivity index (χ0) is 13.7. The molecule has 0 unspecified atom stereocenters. The summed E-state index contributed by atoms with van der Waals surface area (Å²) in [6, 6.07) is 8.74. The molecule has 0 radical (unpaired) electrons. The van der Waals surface area contributed by atoms with Gasteiger partial charge >= 0.3 is 0 Å². The Kier molecular flexibility index (Phi) is 4.52. The van der Waals surface area contributed by atoms with Gasteiger partial charge in [0.15, 0.2) is 0 Å². The maximum Gasteiger partial charge on any atom is 0.239 e. The van der Waals surface area contributed by atoms with Crippen molar-refractivity contribution in [3.63, 3.8) is 0 Å². The first kappa shape index (κ1) is 13.5. The fraction of sp³-hybridized carbons (Fsp3) is 0.214. The summed E-state index contributed by atoms with van der Waals surface area (Å²) >= 11 is 1.60. The van der Waals surface area contributed by atoms with E-state index < -0.39 is 0 Å². The lowest BCUT2D eigenvalue weighted by Crippen LogP contribution is -2.29. The second-order valence-corrected chi connectivity index (χ2v) is 5.21. The molecular weight excluding hydrogens is 263 g/mol. The van der Waals surface area contributed by atoms with Crippen LogP contribution in [-0.4, -0.2) is 12.5 Å². The first-order valence-electron chi connectivity index (χ1n) is 5.94. The smallest absolute Gasteiger partial charge is 0.239 e. The highest BCUT2D eigenvalue weighted by Crippen LogP contribution is 2.13. The fourth-order valence-electron chi connectivity index (χ4n) is 1.55. The molecule has 1 aromatic heterocycles. The van der Waals surface area contributed by atoms with Crippen molar-refractivity contribution in [1.29, 1.82) is 0 Å². The predicted molar refractivity (Wildman–Crippen MR) is 75.8 cm³/mol. The number of halogens is 1. The Morgan fingerprint density at radius 2 is 2.21 bits per heavy atom. The van der Waals surface area contributed by atoms with E-state index in [0.717, 1.165) is 4.88 Å². The lowest BCUT2D eigenvalue weighted by Gasteiger charge is -2.08. The van der Waals surface area contributed by atoms with Gasteiger partial charge in [0.25, 0.3) is 0 Å². The normalized spacial score (nSPS) is 10.2. The maximum atomic E-state index is 13.3. The molecule has 1 amide bonds. The summed E-state index contributed by atoms with van der Waals surface area (Å²) in [4.78, 5) is 12.7. The zero-order valence-corrected chi connectivity index (χ0v) is 11.4. The number of carbonyl (C=O) groups excluding carboxylic acids is 1. The van der Waals surface area contributed by atoms with Gasteiger partial charge in [0.2, 0.25) is 5.91 Å². The summed E-state index contributed by atoms with van der Waals surface area (Å²) in [5.41, 5.74) is 1.20. The van der Waals surface area contributed by atoms with Crippen LogP contribution in [0.4, 0.5) is 10.1 Å². The highest BCUT2D eigenvalue weighted by molar-refractivity contribution is 7.09. The number of hydrogen-bond donors (Lipinski definition) is 2. The third-order valence-electron chi connectivity index (χ3n) is 2.66. The van der Waals surface area contributed by atoms with Crippen LogP contribution < -0.4 is 10.6 Å². The second-order valence-electron chi connectivity index (χ2n) is 4.17. The van der Waals surface area contributed by atoms with Gasteiger partial charge in [-0.3, -0.25) is 4.79 Å². The van der Waals surface area contributed by atoms with E-state index in [1.165, 1.54) is 6.07 Å². The van der Waals surface area contributed by atoms with Gasteiger partial charge in [-0.05, 0) is 36.1 Å². The number of thiophene rings is 1. The van der Waals surface area contributed by atoms with Crippen molar-refractivity contribution in [2.24, 2.45) is 0 Å². The minimum Gasteiger partial charge on any atom is -0.376 e. The molecule has 0 aliphatic heterocycles. The van der Waals surface area contributed by atoms with E-state index >= 15 is 0 Å². The molecule has 5 heteroatoms. The summed E-state index contributed by atoms with van der Waals surface area (Å²) in [6.07, 6.45) is 0. The lowest BCUT2D eigenvalue weighted by molar-refractivity contribution is -0.119. The third-order valence-corrected chi connectivity index (χ3v) is 3.54. The van der Waals surface area contributed by atoms with Crippen LogP contribution in [0.3, 0.4) is 0 Å². The number of amides is 1. The molecule has 0 aliphatic rings. The van der Waals surface area contributed by atoms with Crippen LogP contribution in [-0.2, 0) is 11.3 Å². The molecule has 100 valence electrons. The number of nitrogens with one attached hydrogen (secondary N) is 2. The maximum absolute atomic E-state index is 13.3. The predicted octanol–water partition coefficient (Wildman–Crippen LogP) is 2.92. The summed E-state index contributed by atoms with van der Waals surface area (Å²) in [5, 5.41) is 7.66. The van der Waals surface area contributed by atoms with E-state index in [4.69, 9.17) is 0 Å². The van der Waals surface area contributed by atoms with Crippen LogP contribution in [0.1, 0.15) is 10.4 Å². The van der Waals surface area contributed by atoms with Crippen molar-refractivity contribution < 1.29 is 9.18 Å². The van der Waals surface area contributed by atoms with Crippen LogP contribution in [0.5, 0.6) is 0 Å². The molecule has 0 atom stereocenters. The molecule has 1 heterocycles. The van der Waals surface area contributed by atoms with E-state index in [2.05, 4.69) is 10.6 Å². The molecular formula is C14H15FN2OS. The topological polar surface area (TPSA) is 41.1 Å². The fourth-order valence-corrected chi connectivity index (χ4v) is 2.19. The summed E-state index contributed by atoms with van der Waals surface area (Å²) in [5.74, 6) is -0.390. The monoisotopic (exact) mass is 278 g/mol. The van der Waals surface area contributed by atoms with Gasteiger partial charge in [-0.2, -0.15) is 0 Å². The molecule has 0 spiro atoms. The molecule has 0 saturated heterocycles. The largest absolute Gasteiger partial charge is 0.376 e. The van der Waals surface area contributed by atoms with Crippen molar-refractivity contribution in [3.05, 3.63) is 52.0 Å². The SMILES string of the molecule is Cc1ccc(NCC(=O)NCc2cccs2)cc1F. The van der Waals surface area contributed by atoms with Crippen molar-refractivity contribution in [2.75, 3.05) is 11.9 Å². The van der Waals surface area contributed by atoms with Crippen LogP contribution in [0.25, 0.3) is 0 Å². The van der Waals surface area contributed by atoms with E-state index in [-0.39, 0.29) is 18.3 Å². The molecule has 1 aromatic carbocycles. The average molecular weight is 278 g/mol. The van der Waals surface area contributed by atoms with E-state index in [0.29, 0.717) is 17.8 Å². The molecule has 0 saturated carbocycles. The van der Waals surface area contributed by atoms with Gasteiger partial charge in [0.1, 0.15) is 5.82 Å². The standard InChI is InChI=1S/C14H15FN2OS/c1-10-4-5-11(7-13(10)15)16-9-14(18)17-8-12-3-2-6-19-12/h2-7,16H,8-9H2,1H3,(H,17,18). The van der Waals surface area contributed by atoms with E-state index in [9.17, 15) is 9.18 Å². The second kappa shape index (κ2) is 6.33. The minimum absolute atomic E-state index is 0.116. The van der Waals surface area contributed by atoms with E-state index in [1.54, 1.807) is 30.4 Å². The Morgan fingerprint density at radius 1 is 1.37 bits per heavy atom. The van der Waals surface area contributed by atoms with Crippen molar-refractivity contribution in [1.82, 2.24) is 5.32 Å². The molecule has 2 aromatic rings. The Morgan fingerprint density at radius 3 is 2.89 bits per heavy atom. The Balaban J connectivity index is 1.78. The van der Waals surface area contributed by atoms with Gasteiger partial charge < -0.3 is 10.6 Å². The number of benzene rings is 1. The van der Waals surface area contributed by atoms with Crippen molar-refractivity contribution >= 4 is 22.9 Å². The minimum atomic E-state index is -0.274. The first-order chi connectivity index (χ1) is 9.15.